The van der Waals surface area contributed by atoms with Gasteiger partial charge in [-0.1, -0.05) is 19.1 Å². The second kappa shape index (κ2) is 4.67. The van der Waals surface area contributed by atoms with Crippen molar-refractivity contribution in [1.82, 2.24) is 4.90 Å². The molecule has 82 valence electrons. The van der Waals surface area contributed by atoms with Gasteiger partial charge in [-0.05, 0) is 49.5 Å². The fourth-order valence-electron chi connectivity index (χ4n) is 2.44. The van der Waals surface area contributed by atoms with E-state index in [1.54, 1.807) is 0 Å². The van der Waals surface area contributed by atoms with Gasteiger partial charge in [0, 0.05) is 12.2 Å². The number of hydrogen-bond acceptors (Lipinski definition) is 2. The van der Waals surface area contributed by atoms with Crippen molar-refractivity contribution in [3.8, 4) is 0 Å². The molecule has 1 unspecified atom stereocenters. The minimum absolute atomic E-state index is 0.694. The molecule has 1 aromatic carbocycles. The molecule has 0 bridgehead atoms. The van der Waals surface area contributed by atoms with Crippen LogP contribution < -0.4 is 5.73 Å². The highest BCUT2D eigenvalue weighted by molar-refractivity contribution is 5.42. The second-order valence-corrected chi connectivity index (χ2v) is 4.46. The van der Waals surface area contributed by atoms with Crippen LogP contribution >= 0.6 is 0 Å². The van der Waals surface area contributed by atoms with Crippen LogP contribution in [0.15, 0.2) is 24.3 Å². The first-order valence-corrected chi connectivity index (χ1v) is 5.87. The lowest BCUT2D eigenvalue weighted by molar-refractivity contribution is 0.335. The minimum Gasteiger partial charge on any atom is -0.399 e. The van der Waals surface area contributed by atoms with Crippen LogP contribution in [0.2, 0.25) is 0 Å². The molecule has 1 aliphatic heterocycles. The zero-order valence-corrected chi connectivity index (χ0v) is 9.45. The molecule has 1 atom stereocenters. The summed E-state index contributed by atoms with van der Waals surface area (Å²) in [5.74, 6) is 0.694. The number of benzene rings is 1. The Morgan fingerprint density at radius 3 is 3.07 bits per heavy atom. The van der Waals surface area contributed by atoms with Crippen molar-refractivity contribution < 1.29 is 0 Å². The summed E-state index contributed by atoms with van der Waals surface area (Å²) in [6.07, 6.45) is 2.53. The van der Waals surface area contributed by atoms with Gasteiger partial charge in [0.2, 0.25) is 0 Å². The average molecular weight is 204 g/mol. The summed E-state index contributed by atoms with van der Waals surface area (Å²) in [7, 11) is 0. The average Bonchev–Trinajstić information content (AvgIpc) is 2.67. The van der Waals surface area contributed by atoms with Gasteiger partial charge in [-0.2, -0.15) is 0 Å². The molecule has 0 amide bonds. The van der Waals surface area contributed by atoms with Gasteiger partial charge in [-0.25, -0.2) is 0 Å². The van der Waals surface area contributed by atoms with E-state index in [4.69, 9.17) is 5.73 Å². The Bertz CT molecular complexity index is 322. The van der Waals surface area contributed by atoms with E-state index in [1.165, 1.54) is 38.0 Å². The first-order chi connectivity index (χ1) is 7.29. The molecule has 0 spiro atoms. The lowest BCUT2D eigenvalue weighted by Crippen LogP contribution is -2.20. The molecule has 2 N–H and O–H groups in total. The summed E-state index contributed by atoms with van der Waals surface area (Å²) in [6.45, 7) is 5.93. The quantitative estimate of drug-likeness (QED) is 0.766. The number of anilines is 1. The van der Waals surface area contributed by atoms with Gasteiger partial charge in [-0.15, -0.1) is 0 Å². The first-order valence-electron chi connectivity index (χ1n) is 5.87. The molecule has 0 aromatic heterocycles. The highest BCUT2D eigenvalue weighted by Gasteiger charge is 2.22. The summed E-state index contributed by atoms with van der Waals surface area (Å²) in [5, 5.41) is 0. The zero-order chi connectivity index (χ0) is 10.7. The number of hydrogen-bond donors (Lipinski definition) is 1. The SMILES string of the molecule is CCCN1CCC(c2cccc(N)c2)C1. The van der Waals surface area contributed by atoms with E-state index in [-0.39, 0.29) is 0 Å². The highest BCUT2D eigenvalue weighted by Crippen LogP contribution is 2.27. The fourth-order valence-corrected chi connectivity index (χ4v) is 2.44. The molecular weight excluding hydrogens is 184 g/mol. The van der Waals surface area contributed by atoms with Gasteiger partial charge in [0.1, 0.15) is 0 Å². The first kappa shape index (κ1) is 10.5. The Kier molecular flexibility index (Phi) is 3.27. The van der Waals surface area contributed by atoms with Crippen molar-refractivity contribution in [3.05, 3.63) is 29.8 Å². The molecule has 0 aliphatic carbocycles. The Labute approximate surface area is 92.1 Å². The Balaban J connectivity index is 2.01. The highest BCUT2D eigenvalue weighted by atomic mass is 15.1. The van der Waals surface area contributed by atoms with Crippen molar-refractivity contribution >= 4 is 5.69 Å². The summed E-state index contributed by atoms with van der Waals surface area (Å²) in [5.41, 5.74) is 8.11. The molecule has 0 saturated carbocycles. The lowest BCUT2D eigenvalue weighted by atomic mass is 9.98. The maximum absolute atomic E-state index is 5.81. The van der Waals surface area contributed by atoms with E-state index in [0.717, 1.165) is 5.69 Å². The van der Waals surface area contributed by atoms with Gasteiger partial charge in [0.25, 0.3) is 0 Å². The molecular formula is C13H20N2. The molecule has 1 fully saturated rings. The third-order valence-corrected chi connectivity index (χ3v) is 3.19. The normalized spacial score (nSPS) is 22.1. The van der Waals surface area contributed by atoms with Crippen molar-refractivity contribution in [2.45, 2.75) is 25.7 Å². The maximum atomic E-state index is 5.81. The number of rotatable bonds is 3. The minimum atomic E-state index is 0.694. The zero-order valence-electron chi connectivity index (χ0n) is 9.45. The smallest absolute Gasteiger partial charge is 0.0316 e. The summed E-state index contributed by atoms with van der Waals surface area (Å²) >= 11 is 0. The molecule has 2 heteroatoms. The Hall–Kier alpha value is -1.02. The van der Waals surface area contributed by atoms with Gasteiger partial charge < -0.3 is 10.6 Å². The monoisotopic (exact) mass is 204 g/mol. The summed E-state index contributed by atoms with van der Waals surface area (Å²) in [6, 6.07) is 8.35. The standard InChI is InChI=1S/C13H20N2/c1-2-7-15-8-6-12(10-15)11-4-3-5-13(14)9-11/h3-5,9,12H,2,6-8,10,14H2,1H3. The van der Waals surface area contributed by atoms with Crippen molar-refractivity contribution in [3.63, 3.8) is 0 Å². The Morgan fingerprint density at radius 2 is 2.33 bits per heavy atom. The van der Waals surface area contributed by atoms with Crippen LogP contribution in [0.3, 0.4) is 0 Å². The maximum Gasteiger partial charge on any atom is 0.0316 e. The van der Waals surface area contributed by atoms with Crippen LogP contribution in [0.4, 0.5) is 5.69 Å². The molecule has 15 heavy (non-hydrogen) atoms. The van der Waals surface area contributed by atoms with E-state index in [2.05, 4.69) is 30.0 Å². The van der Waals surface area contributed by atoms with Crippen LogP contribution in [0.1, 0.15) is 31.2 Å². The topological polar surface area (TPSA) is 29.3 Å². The van der Waals surface area contributed by atoms with E-state index in [0.29, 0.717) is 5.92 Å². The molecule has 1 heterocycles. The predicted molar refractivity (Wildman–Crippen MR) is 64.9 cm³/mol. The van der Waals surface area contributed by atoms with Crippen LogP contribution in [-0.4, -0.2) is 24.5 Å². The van der Waals surface area contributed by atoms with E-state index < -0.39 is 0 Å². The van der Waals surface area contributed by atoms with Crippen LogP contribution in [0, 0.1) is 0 Å². The van der Waals surface area contributed by atoms with Crippen LogP contribution in [0.25, 0.3) is 0 Å². The van der Waals surface area contributed by atoms with Gasteiger partial charge in [-0.3, -0.25) is 0 Å². The molecule has 2 rings (SSSR count). The number of nitrogens with zero attached hydrogens (tertiary/aromatic N) is 1. The predicted octanol–water partition coefficient (Wildman–Crippen LogP) is 2.47. The molecule has 1 aliphatic rings. The third kappa shape index (κ3) is 2.51. The number of nitrogen functional groups attached to an aromatic ring is 1. The molecule has 1 saturated heterocycles. The van der Waals surface area contributed by atoms with Gasteiger partial charge >= 0.3 is 0 Å². The van der Waals surface area contributed by atoms with Gasteiger partial charge in [0.15, 0.2) is 0 Å². The molecule has 2 nitrogen and oxygen atoms in total. The van der Waals surface area contributed by atoms with E-state index >= 15 is 0 Å². The van der Waals surface area contributed by atoms with Crippen LogP contribution in [-0.2, 0) is 0 Å². The Morgan fingerprint density at radius 1 is 1.47 bits per heavy atom. The number of nitrogens with two attached hydrogens (primary N) is 1. The molecule has 1 aromatic rings. The second-order valence-electron chi connectivity index (χ2n) is 4.46. The summed E-state index contributed by atoms with van der Waals surface area (Å²) in [4.78, 5) is 2.55. The third-order valence-electron chi connectivity index (χ3n) is 3.19. The number of likely N-dealkylation sites (tertiary alicyclic amines) is 1. The lowest BCUT2D eigenvalue weighted by Gasteiger charge is -2.15. The van der Waals surface area contributed by atoms with Crippen molar-refractivity contribution in [1.29, 1.82) is 0 Å². The summed E-state index contributed by atoms with van der Waals surface area (Å²) < 4.78 is 0. The van der Waals surface area contributed by atoms with E-state index in [1.807, 2.05) is 6.07 Å². The van der Waals surface area contributed by atoms with Crippen molar-refractivity contribution in [2.75, 3.05) is 25.4 Å². The van der Waals surface area contributed by atoms with Crippen molar-refractivity contribution in [2.24, 2.45) is 0 Å². The van der Waals surface area contributed by atoms with E-state index in [9.17, 15) is 0 Å². The fraction of sp³-hybridized carbons (Fsp3) is 0.538. The molecule has 0 radical (unpaired) electrons. The van der Waals surface area contributed by atoms with Gasteiger partial charge in [0.05, 0.1) is 0 Å². The van der Waals surface area contributed by atoms with Crippen LogP contribution in [0.5, 0.6) is 0 Å². The largest absolute Gasteiger partial charge is 0.399 e.